The van der Waals surface area contributed by atoms with E-state index in [4.69, 9.17) is 5.73 Å². The Bertz CT molecular complexity index is 685. The second-order valence-electron chi connectivity index (χ2n) is 7.79. The van der Waals surface area contributed by atoms with Crippen LogP contribution in [0.3, 0.4) is 0 Å². The summed E-state index contributed by atoms with van der Waals surface area (Å²) in [4.78, 5) is 32.7. The second kappa shape index (κ2) is 9.76. The minimum absolute atomic E-state index is 0. The number of anilines is 1. The summed E-state index contributed by atoms with van der Waals surface area (Å²) in [6.07, 6.45) is 7.15. The zero-order chi connectivity index (χ0) is 18.1. The fourth-order valence-corrected chi connectivity index (χ4v) is 4.73. The van der Waals surface area contributed by atoms with E-state index in [1.807, 2.05) is 4.90 Å². The van der Waals surface area contributed by atoms with Crippen molar-refractivity contribution in [3.8, 4) is 0 Å². The van der Waals surface area contributed by atoms with Gasteiger partial charge in [0.05, 0.1) is 5.56 Å². The van der Waals surface area contributed by atoms with Crippen LogP contribution in [0, 0.1) is 5.92 Å². The van der Waals surface area contributed by atoms with Crippen molar-refractivity contribution in [2.45, 2.75) is 44.2 Å². The molecule has 0 aromatic carbocycles. The van der Waals surface area contributed by atoms with E-state index in [9.17, 15) is 9.59 Å². The number of nitrogens with one attached hydrogen (secondary N) is 1. The fraction of sp³-hybridized carbons (Fsp3) is 0.632. The van der Waals surface area contributed by atoms with Crippen LogP contribution in [-0.2, 0) is 4.79 Å². The number of carbonyl (C=O) groups is 2. The molecule has 3 aliphatic heterocycles. The number of nitrogens with zero attached hydrogens (tertiary/aromatic N) is 3. The summed E-state index contributed by atoms with van der Waals surface area (Å²) in [6, 6.07) is 4.67. The maximum Gasteiger partial charge on any atom is 0.252 e. The van der Waals surface area contributed by atoms with Crippen LogP contribution in [0.2, 0.25) is 0 Å². The zero-order valence-corrected chi connectivity index (χ0v) is 17.5. The summed E-state index contributed by atoms with van der Waals surface area (Å²) >= 11 is 0. The smallest absolute Gasteiger partial charge is 0.252 e. The van der Waals surface area contributed by atoms with E-state index < -0.39 is 5.91 Å². The molecule has 2 atom stereocenters. The number of aromatic nitrogens is 1. The Balaban J connectivity index is 0.00000140. The number of piperazine rings is 1. The molecule has 4 rings (SSSR count). The number of primary amides is 1. The molecule has 1 aromatic rings. The molecule has 2 unspecified atom stereocenters. The van der Waals surface area contributed by atoms with Crippen LogP contribution in [-0.4, -0.2) is 60.0 Å². The predicted octanol–water partition coefficient (Wildman–Crippen LogP) is 1.59. The lowest BCUT2D eigenvalue weighted by atomic mass is 9.89. The molecular formula is C19H29Cl2N5O2. The Morgan fingerprint density at radius 2 is 1.75 bits per heavy atom. The predicted molar refractivity (Wildman–Crippen MR) is 113 cm³/mol. The quantitative estimate of drug-likeness (QED) is 0.757. The van der Waals surface area contributed by atoms with Gasteiger partial charge >= 0.3 is 0 Å². The van der Waals surface area contributed by atoms with E-state index in [0.29, 0.717) is 62.0 Å². The minimum atomic E-state index is -0.466. The summed E-state index contributed by atoms with van der Waals surface area (Å²) in [5, 5.41) is 3.64. The topological polar surface area (TPSA) is 91.6 Å². The monoisotopic (exact) mass is 429 g/mol. The van der Waals surface area contributed by atoms with Crippen molar-refractivity contribution in [3.63, 3.8) is 0 Å². The maximum absolute atomic E-state index is 12.7. The maximum atomic E-state index is 12.7. The van der Waals surface area contributed by atoms with Crippen molar-refractivity contribution in [1.82, 2.24) is 15.2 Å². The number of hydrogen-bond donors (Lipinski definition) is 2. The standard InChI is InChI=1S/C19H27N5O2.2ClH/c20-18(26)16-2-1-5-21-19(16)24-8-6-23(7-9-24)17(25)12-13-10-14-3-4-15(11-13)22-14;;/h1-2,5,13-15,22H,3-4,6-12H2,(H2,20,26);2*1H. The Hall–Kier alpha value is -1.57. The molecule has 3 fully saturated rings. The highest BCUT2D eigenvalue weighted by atomic mass is 35.5. The summed E-state index contributed by atoms with van der Waals surface area (Å²) in [6.45, 7) is 2.71. The lowest BCUT2D eigenvalue weighted by molar-refractivity contribution is -0.132. The lowest BCUT2D eigenvalue weighted by Crippen LogP contribution is -2.50. The summed E-state index contributed by atoms with van der Waals surface area (Å²) in [7, 11) is 0. The fourth-order valence-electron chi connectivity index (χ4n) is 4.73. The number of halogens is 2. The van der Waals surface area contributed by atoms with E-state index in [2.05, 4.69) is 15.2 Å². The van der Waals surface area contributed by atoms with Crippen LogP contribution in [0.25, 0.3) is 0 Å². The third kappa shape index (κ3) is 4.88. The Morgan fingerprint density at radius 3 is 2.36 bits per heavy atom. The summed E-state index contributed by atoms with van der Waals surface area (Å²) in [5.41, 5.74) is 5.90. The number of rotatable bonds is 4. The van der Waals surface area contributed by atoms with Gasteiger partial charge in [0.1, 0.15) is 5.82 Å². The third-order valence-corrected chi connectivity index (χ3v) is 6.02. The summed E-state index contributed by atoms with van der Waals surface area (Å²) < 4.78 is 0. The highest BCUT2D eigenvalue weighted by Gasteiger charge is 2.35. The molecule has 156 valence electrons. The van der Waals surface area contributed by atoms with E-state index in [-0.39, 0.29) is 30.7 Å². The molecule has 3 aliphatic rings. The Kier molecular flexibility index (Phi) is 7.92. The van der Waals surface area contributed by atoms with Gasteiger partial charge in [-0.3, -0.25) is 9.59 Å². The second-order valence-corrected chi connectivity index (χ2v) is 7.79. The van der Waals surface area contributed by atoms with Crippen LogP contribution in [0.5, 0.6) is 0 Å². The van der Waals surface area contributed by atoms with E-state index in [1.54, 1.807) is 18.3 Å². The molecule has 2 amide bonds. The molecule has 3 N–H and O–H groups in total. The SMILES string of the molecule is Cl.Cl.NC(=O)c1cccnc1N1CCN(C(=O)CC2CC3CCC(C2)N3)CC1. The van der Waals surface area contributed by atoms with Crippen LogP contribution in [0.4, 0.5) is 5.82 Å². The molecule has 0 aliphatic carbocycles. The Morgan fingerprint density at radius 1 is 1.11 bits per heavy atom. The number of hydrogen-bond acceptors (Lipinski definition) is 5. The van der Waals surface area contributed by atoms with Crippen molar-refractivity contribution in [2.75, 3.05) is 31.1 Å². The average Bonchev–Trinajstić information content (AvgIpc) is 3.00. The molecule has 1 aromatic heterocycles. The van der Waals surface area contributed by atoms with Crippen LogP contribution in [0.1, 0.15) is 42.5 Å². The van der Waals surface area contributed by atoms with Crippen molar-refractivity contribution in [1.29, 1.82) is 0 Å². The molecule has 7 nitrogen and oxygen atoms in total. The first-order valence-corrected chi connectivity index (χ1v) is 9.63. The zero-order valence-electron chi connectivity index (χ0n) is 15.9. The van der Waals surface area contributed by atoms with Crippen molar-refractivity contribution < 1.29 is 9.59 Å². The van der Waals surface area contributed by atoms with Gasteiger partial charge in [-0.1, -0.05) is 0 Å². The lowest BCUT2D eigenvalue weighted by Gasteiger charge is -2.37. The molecule has 2 bridgehead atoms. The van der Waals surface area contributed by atoms with Gasteiger partial charge in [-0.25, -0.2) is 4.98 Å². The molecule has 0 saturated carbocycles. The number of amides is 2. The van der Waals surface area contributed by atoms with Crippen LogP contribution < -0.4 is 16.0 Å². The largest absolute Gasteiger partial charge is 0.365 e. The van der Waals surface area contributed by atoms with E-state index in [1.165, 1.54) is 12.8 Å². The van der Waals surface area contributed by atoms with Crippen molar-refractivity contribution in [2.24, 2.45) is 11.7 Å². The van der Waals surface area contributed by atoms with Gasteiger partial charge < -0.3 is 20.9 Å². The van der Waals surface area contributed by atoms with Crippen LogP contribution >= 0.6 is 24.8 Å². The normalized spacial score (nSPS) is 26.2. The van der Waals surface area contributed by atoms with Gasteiger partial charge in [0.25, 0.3) is 5.91 Å². The summed E-state index contributed by atoms with van der Waals surface area (Å²) in [5.74, 6) is 0.956. The molecular weight excluding hydrogens is 401 g/mol. The van der Waals surface area contributed by atoms with Crippen molar-refractivity contribution in [3.05, 3.63) is 23.9 Å². The molecule has 28 heavy (non-hydrogen) atoms. The third-order valence-electron chi connectivity index (χ3n) is 6.02. The van der Waals surface area contributed by atoms with Gasteiger partial charge in [-0.15, -0.1) is 24.8 Å². The van der Waals surface area contributed by atoms with Gasteiger partial charge in [0.15, 0.2) is 0 Å². The first-order chi connectivity index (χ1) is 12.6. The number of nitrogens with two attached hydrogens (primary N) is 1. The first-order valence-electron chi connectivity index (χ1n) is 9.63. The number of carbonyl (C=O) groups excluding carboxylic acids is 2. The van der Waals surface area contributed by atoms with Gasteiger partial charge in [0, 0.05) is 50.9 Å². The minimum Gasteiger partial charge on any atom is -0.365 e. The molecule has 9 heteroatoms. The average molecular weight is 430 g/mol. The highest BCUT2D eigenvalue weighted by Crippen LogP contribution is 2.33. The van der Waals surface area contributed by atoms with Crippen molar-refractivity contribution >= 4 is 42.4 Å². The number of fused-ring (bicyclic) bond motifs is 2. The first kappa shape index (κ1) is 22.7. The number of pyridine rings is 1. The molecule has 0 radical (unpaired) electrons. The molecule has 3 saturated heterocycles. The van der Waals surface area contributed by atoms with E-state index >= 15 is 0 Å². The molecule has 0 spiro atoms. The highest BCUT2D eigenvalue weighted by molar-refractivity contribution is 5.97. The Labute approximate surface area is 178 Å². The number of piperidine rings is 1. The van der Waals surface area contributed by atoms with Gasteiger partial charge in [0.2, 0.25) is 5.91 Å². The molecule has 4 heterocycles. The van der Waals surface area contributed by atoms with Gasteiger partial charge in [-0.2, -0.15) is 0 Å². The van der Waals surface area contributed by atoms with Gasteiger partial charge in [-0.05, 0) is 43.7 Å². The van der Waals surface area contributed by atoms with Crippen LogP contribution in [0.15, 0.2) is 18.3 Å². The van der Waals surface area contributed by atoms with E-state index in [0.717, 1.165) is 12.8 Å².